The number of allylic oxidation sites excluding steroid dienone is 1. The van der Waals surface area contributed by atoms with Crippen molar-refractivity contribution in [3.63, 3.8) is 0 Å². The Labute approximate surface area is 398 Å². The maximum absolute atomic E-state index is 12.3. The number of anilines is 1. The van der Waals surface area contributed by atoms with Crippen LogP contribution in [0.4, 0.5) is 5.69 Å². The molecule has 3 heterocycles. The predicted octanol–water partition coefficient (Wildman–Crippen LogP) is 10.1. The van der Waals surface area contributed by atoms with Crippen molar-refractivity contribution in [1.29, 1.82) is 0 Å². The molecule has 0 spiro atoms. The average molecular weight is 905 g/mol. The van der Waals surface area contributed by atoms with Gasteiger partial charge in [-0.3, -0.25) is 14.6 Å². The van der Waals surface area contributed by atoms with Gasteiger partial charge in [-0.25, -0.2) is 0 Å². The van der Waals surface area contributed by atoms with Crippen LogP contribution in [0.15, 0.2) is 114 Å². The lowest BCUT2D eigenvalue weighted by Gasteiger charge is -2.35. The molecule has 3 N–H and O–H groups in total. The monoisotopic (exact) mass is 905 g/mol. The first-order valence-corrected chi connectivity index (χ1v) is 27.9. The summed E-state index contributed by atoms with van der Waals surface area (Å²) < 4.78 is 0. The first-order valence-electron chi connectivity index (χ1n) is 24.9. The van der Waals surface area contributed by atoms with E-state index in [1.54, 1.807) is 6.92 Å². The molecular weight excluding hydrogens is 837 g/mol. The first-order chi connectivity index (χ1) is 32.4. The van der Waals surface area contributed by atoms with E-state index >= 15 is 0 Å². The molecule has 0 aromatic heterocycles. The van der Waals surface area contributed by atoms with E-state index in [0.717, 1.165) is 90.4 Å². The van der Waals surface area contributed by atoms with Gasteiger partial charge in [0, 0.05) is 43.9 Å². The van der Waals surface area contributed by atoms with E-state index in [-0.39, 0.29) is 11.7 Å². The Balaban J connectivity index is 1.15. The number of nitrogens with one attached hydrogen (secondary N) is 3. The Morgan fingerprint density at radius 3 is 2.27 bits per heavy atom. The van der Waals surface area contributed by atoms with E-state index in [9.17, 15) is 9.59 Å². The summed E-state index contributed by atoms with van der Waals surface area (Å²) in [6.45, 7) is 22.6. The maximum atomic E-state index is 12.3. The van der Waals surface area contributed by atoms with E-state index in [4.69, 9.17) is 4.99 Å². The van der Waals surface area contributed by atoms with Crippen molar-refractivity contribution in [2.75, 3.05) is 31.5 Å². The molecule has 0 saturated carbocycles. The summed E-state index contributed by atoms with van der Waals surface area (Å²) in [7, 11) is -2.10. The molecule has 0 unspecified atom stereocenters. The minimum absolute atomic E-state index is 0.0899. The zero-order chi connectivity index (χ0) is 46.8. The molecule has 6 aromatic carbocycles. The fourth-order valence-electron chi connectivity index (χ4n) is 11.0. The van der Waals surface area contributed by atoms with Crippen LogP contribution in [0.1, 0.15) is 104 Å². The number of unbranched alkanes of at least 4 members (excludes halogenated alkanes) is 3. The average Bonchev–Trinajstić information content (AvgIpc) is 3.33. The fourth-order valence-corrected chi connectivity index (χ4v) is 14.0. The summed E-state index contributed by atoms with van der Waals surface area (Å²) in [5.74, 6) is 0.0876. The molecule has 344 valence electrons. The highest BCUT2D eigenvalue weighted by atomic mass is 28.3. The van der Waals surface area contributed by atoms with E-state index in [1.165, 1.54) is 104 Å². The number of hydrogen-bond donors (Lipinski definition) is 3. The Hall–Kier alpha value is -5.89. The van der Waals surface area contributed by atoms with Crippen molar-refractivity contribution in [1.82, 2.24) is 10.6 Å². The lowest BCUT2D eigenvalue weighted by atomic mass is 9.85. The smallest absolute Gasteiger partial charge is 0.246 e. The van der Waals surface area contributed by atoms with Crippen LogP contribution < -0.4 is 36.9 Å². The number of rotatable bonds is 17. The van der Waals surface area contributed by atoms with E-state index < -0.39 is 8.07 Å². The van der Waals surface area contributed by atoms with Crippen molar-refractivity contribution < 1.29 is 9.59 Å². The number of carbonyl (C=O) groups is 2. The van der Waals surface area contributed by atoms with Gasteiger partial charge < -0.3 is 16.0 Å². The van der Waals surface area contributed by atoms with Crippen molar-refractivity contribution in [3.8, 4) is 11.1 Å². The minimum Gasteiger partial charge on any atom is -0.385 e. The fraction of sp³-hybridized carbons (Fsp3) is 0.350. The summed E-state index contributed by atoms with van der Waals surface area (Å²) in [5, 5.41) is 21.3. The highest BCUT2D eigenvalue weighted by molar-refractivity contribution is 7.01. The third kappa shape index (κ3) is 9.38. The van der Waals surface area contributed by atoms with Crippen LogP contribution in [-0.2, 0) is 35.4 Å². The minimum atomic E-state index is -2.10. The van der Waals surface area contributed by atoms with Gasteiger partial charge in [0.05, 0.1) is 5.36 Å². The van der Waals surface area contributed by atoms with Gasteiger partial charge in [-0.15, -0.1) is 0 Å². The maximum Gasteiger partial charge on any atom is 0.246 e. The van der Waals surface area contributed by atoms with Crippen LogP contribution in [0.2, 0.25) is 13.1 Å². The molecule has 9 rings (SSSR count). The van der Waals surface area contributed by atoms with Crippen LogP contribution in [-0.4, -0.2) is 45.9 Å². The van der Waals surface area contributed by atoms with Gasteiger partial charge in [-0.2, -0.15) is 0 Å². The number of benzene rings is 6. The molecule has 67 heavy (non-hydrogen) atoms. The van der Waals surface area contributed by atoms with Crippen molar-refractivity contribution >= 4 is 62.9 Å². The summed E-state index contributed by atoms with van der Waals surface area (Å²) >= 11 is 0. The third-order valence-electron chi connectivity index (χ3n) is 14.8. The third-order valence-corrected chi connectivity index (χ3v) is 18.3. The standard InChI is InChI=1S/C60H68N4O2Si/c1-38(2)56(65)22-11-9-8-10-19-46-45-20-12-13-21-47(45)53(37-61-27-16-30-64-60(66)39(3)4)48-26-25-42(32-50(46)48)41-24-23-40(5)49(31-41)59-51-33-43-17-14-28-62-54(43)35-57(51)67(6,7)58-36-55-44(34-52(58)59)18-15-29-63-55/h12-13,20-21,23-26,31-36,61-62H,1,3,8-11,14-19,22,27-30,37H2,2,4-7H3,(H,64,66). The molecule has 0 saturated heterocycles. The lowest BCUT2D eigenvalue weighted by Crippen LogP contribution is -2.63. The van der Waals surface area contributed by atoms with Crippen LogP contribution in [0.5, 0.6) is 0 Å². The lowest BCUT2D eigenvalue weighted by molar-refractivity contribution is -0.117. The van der Waals surface area contributed by atoms with Crippen molar-refractivity contribution in [2.24, 2.45) is 4.99 Å². The van der Waals surface area contributed by atoms with Crippen LogP contribution >= 0.6 is 0 Å². The highest BCUT2D eigenvalue weighted by Crippen LogP contribution is 2.39. The predicted molar refractivity (Wildman–Crippen MR) is 284 cm³/mol. The van der Waals surface area contributed by atoms with Gasteiger partial charge in [-0.1, -0.05) is 87.6 Å². The van der Waals surface area contributed by atoms with E-state index in [2.05, 4.69) is 134 Å². The molecule has 0 bridgehead atoms. The number of amides is 1. The Kier molecular flexibility index (Phi) is 13.6. The first kappa shape index (κ1) is 46.2. The molecule has 3 aliphatic rings. The van der Waals surface area contributed by atoms with Gasteiger partial charge in [0.15, 0.2) is 5.78 Å². The molecule has 6 nitrogen and oxygen atoms in total. The number of fused-ring (bicyclic) bond motifs is 6. The largest absolute Gasteiger partial charge is 0.385 e. The number of carbonyl (C=O) groups excluding carboxylic acids is 2. The Morgan fingerprint density at radius 2 is 1.46 bits per heavy atom. The Morgan fingerprint density at radius 1 is 0.716 bits per heavy atom. The molecule has 7 heteroatoms. The number of ketones is 1. The second-order valence-electron chi connectivity index (χ2n) is 20.1. The van der Waals surface area contributed by atoms with Crippen LogP contribution in [0.3, 0.4) is 0 Å². The highest BCUT2D eigenvalue weighted by Gasteiger charge is 2.37. The molecule has 0 atom stereocenters. The van der Waals surface area contributed by atoms with Crippen molar-refractivity contribution in [3.05, 3.63) is 159 Å². The molecule has 0 fully saturated rings. The summed E-state index contributed by atoms with van der Waals surface area (Å²) in [6, 6.07) is 33.4. The molecule has 6 aromatic rings. The summed E-state index contributed by atoms with van der Waals surface area (Å²) in [4.78, 5) is 29.5. The molecule has 1 amide bonds. The second-order valence-corrected chi connectivity index (χ2v) is 24.4. The zero-order valence-corrected chi connectivity index (χ0v) is 41.6. The van der Waals surface area contributed by atoms with Gasteiger partial charge in [-0.05, 0) is 213 Å². The topological polar surface area (TPSA) is 82.6 Å². The van der Waals surface area contributed by atoms with Crippen LogP contribution in [0, 0.1) is 6.92 Å². The molecular formula is C60H68N4O2Si. The molecule has 0 aliphatic carbocycles. The SMILES string of the molecule is C=C(C)C(=O)CCCCCCc1c2ccccc2c(CNCCCNC(=O)C(=C)C)c2ccc(-c3ccc(C)c(C4=c5cc6c(cc5[Si](C)(C)c5cc7c(cc54)CCCN7)=NCCC6)c3)cc12. The summed E-state index contributed by atoms with van der Waals surface area (Å²) in [6.07, 6.45) is 10.9. The van der Waals surface area contributed by atoms with Crippen molar-refractivity contribution in [2.45, 2.75) is 111 Å². The second kappa shape index (κ2) is 19.8. The Bertz CT molecular complexity index is 3110. The van der Waals surface area contributed by atoms with E-state index in [1.807, 2.05) is 6.92 Å². The summed E-state index contributed by atoms with van der Waals surface area (Å²) in [5.41, 5.74) is 15.9. The number of aryl methyl sites for hydroxylation is 4. The molecule has 0 radical (unpaired) electrons. The number of nitrogens with zero attached hydrogens (tertiary/aromatic N) is 1. The van der Waals surface area contributed by atoms with Gasteiger partial charge in [0.1, 0.15) is 8.07 Å². The zero-order valence-electron chi connectivity index (χ0n) is 40.6. The van der Waals surface area contributed by atoms with E-state index in [0.29, 0.717) is 24.1 Å². The normalized spacial score (nSPS) is 14.6. The molecule has 3 aliphatic heterocycles. The number of hydrogen-bond acceptors (Lipinski definition) is 5. The van der Waals surface area contributed by atoms with Gasteiger partial charge in [0.2, 0.25) is 5.91 Å². The number of Topliss-reactive ketones (excluding diaryl/α,β-unsaturated/α-hetero) is 1. The van der Waals surface area contributed by atoms with Gasteiger partial charge >= 0.3 is 0 Å². The quantitative estimate of drug-likeness (QED) is 0.0369. The van der Waals surface area contributed by atoms with Crippen LogP contribution in [0.25, 0.3) is 38.2 Å². The van der Waals surface area contributed by atoms with Gasteiger partial charge in [0.25, 0.3) is 0 Å².